The standard InChI is InChI=1S/C23H27N5O2S/c1-14-6-8-18(16(3)10-14)24-21(29)12-20-26-27-23(28(20)5)31-13-22(30)25-19-9-7-15(2)11-17(19)4/h6-11H,12-13H2,1-5H3,(H,24,29)(H,25,30). The number of anilines is 2. The molecule has 0 bridgehead atoms. The number of hydrogen-bond acceptors (Lipinski definition) is 5. The maximum atomic E-state index is 12.4. The lowest BCUT2D eigenvalue weighted by atomic mass is 10.1. The van der Waals surface area contributed by atoms with Crippen LogP contribution in [0.1, 0.15) is 28.1 Å². The fraction of sp³-hybridized carbons (Fsp3) is 0.304. The van der Waals surface area contributed by atoms with Gasteiger partial charge in [-0.25, -0.2) is 0 Å². The zero-order valence-electron chi connectivity index (χ0n) is 18.4. The van der Waals surface area contributed by atoms with Crippen LogP contribution in [-0.4, -0.2) is 32.3 Å². The Morgan fingerprint density at radius 1 is 0.871 bits per heavy atom. The highest BCUT2D eigenvalue weighted by Gasteiger charge is 2.15. The highest BCUT2D eigenvalue weighted by molar-refractivity contribution is 7.99. The Hall–Kier alpha value is -3.13. The van der Waals surface area contributed by atoms with E-state index in [1.165, 1.54) is 11.8 Å². The number of hydrogen-bond donors (Lipinski definition) is 2. The minimum atomic E-state index is -0.161. The second-order valence-corrected chi connectivity index (χ2v) is 8.60. The van der Waals surface area contributed by atoms with Crippen molar-refractivity contribution in [2.75, 3.05) is 16.4 Å². The zero-order chi connectivity index (χ0) is 22.5. The maximum absolute atomic E-state index is 12.4. The van der Waals surface area contributed by atoms with Crippen LogP contribution in [0.15, 0.2) is 41.6 Å². The molecule has 0 spiro atoms. The Labute approximate surface area is 186 Å². The number of aryl methyl sites for hydroxylation is 4. The third-order valence-electron chi connectivity index (χ3n) is 4.89. The normalized spacial score (nSPS) is 10.7. The molecule has 0 radical (unpaired) electrons. The molecule has 31 heavy (non-hydrogen) atoms. The van der Waals surface area contributed by atoms with Gasteiger partial charge in [0.05, 0.1) is 12.2 Å². The van der Waals surface area contributed by atoms with E-state index in [2.05, 4.69) is 20.8 Å². The molecule has 3 rings (SSSR count). The summed E-state index contributed by atoms with van der Waals surface area (Å²) in [5, 5.41) is 14.7. The van der Waals surface area contributed by atoms with Gasteiger partial charge in [-0.1, -0.05) is 47.2 Å². The van der Waals surface area contributed by atoms with Crippen molar-refractivity contribution in [3.8, 4) is 0 Å². The summed E-state index contributed by atoms with van der Waals surface area (Å²) >= 11 is 1.28. The van der Waals surface area contributed by atoms with Gasteiger partial charge < -0.3 is 15.2 Å². The summed E-state index contributed by atoms with van der Waals surface area (Å²) in [6.45, 7) is 7.96. The van der Waals surface area contributed by atoms with Crippen LogP contribution in [0.3, 0.4) is 0 Å². The van der Waals surface area contributed by atoms with Crippen molar-refractivity contribution in [1.29, 1.82) is 0 Å². The van der Waals surface area contributed by atoms with E-state index in [1.807, 2.05) is 64.1 Å². The van der Waals surface area contributed by atoms with Crippen LogP contribution >= 0.6 is 11.8 Å². The summed E-state index contributed by atoms with van der Waals surface area (Å²) in [6.07, 6.45) is 0.103. The molecule has 0 unspecified atom stereocenters. The number of rotatable bonds is 7. The van der Waals surface area contributed by atoms with E-state index >= 15 is 0 Å². The molecule has 1 heterocycles. The molecule has 0 saturated carbocycles. The summed E-state index contributed by atoms with van der Waals surface area (Å²) in [4.78, 5) is 24.8. The lowest BCUT2D eigenvalue weighted by molar-refractivity contribution is -0.116. The molecule has 1 aromatic heterocycles. The van der Waals surface area contributed by atoms with Gasteiger partial charge in [0.25, 0.3) is 0 Å². The van der Waals surface area contributed by atoms with Crippen LogP contribution in [0.2, 0.25) is 0 Å². The first-order valence-electron chi connectivity index (χ1n) is 9.98. The summed E-state index contributed by atoms with van der Waals surface area (Å²) in [5.74, 6) is 0.467. The number of benzene rings is 2. The Morgan fingerprint density at radius 2 is 1.42 bits per heavy atom. The van der Waals surface area contributed by atoms with Gasteiger partial charge in [-0.3, -0.25) is 9.59 Å². The molecule has 0 atom stereocenters. The fourth-order valence-corrected chi connectivity index (χ4v) is 3.92. The molecule has 0 aliphatic heterocycles. The summed E-state index contributed by atoms with van der Waals surface area (Å²) in [7, 11) is 1.80. The Bertz CT molecular complexity index is 1120. The van der Waals surface area contributed by atoms with E-state index < -0.39 is 0 Å². The van der Waals surface area contributed by atoms with E-state index in [9.17, 15) is 9.59 Å². The monoisotopic (exact) mass is 437 g/mol. The molecule has 3 aromatic rings. The van der Waals surface area contributed by atoms with Crippen molar-refractivity contribution in [2.24, 2.45) is 7.05 Å². The van der Waals surface area contributed by atoms with Crippen molar-refractivity contribution in [1.82, 2.24) is 14.8 Å². The van der Waals surface area contributed by atoms with Crippen LogP contribution in [0.5, 0.6) is 0 Å². The van der Waals surface area contributed by atoms with Crippen LogP contribution in [0.25, 0.3) is 0 Å². The number of thioether (sulfide) groups is 1. The summed E-state index contributed by atoms with van der Waals surface area (Å²) < 4.78 is 1.75. The molecule has 2 N–H and O–H groups in total. The maximum Gasteiger partial charge on any atom is 0.234 e. The Balaban J connectivity index is 1.55. The molecule has 0 aliphatic rings. The molecular weight excluding hydrogens is 410 g/mol. The average molecular weight is 438 g/mol. The number of carbonyl (C=O) groups excluding carboxylic acids is 2. The zero-order valence-corrected chi connectivity index (χ0v) is 19.3. The molecule has 7 nitrogen and oxygen atoms in total. The van der Waals surface area contributed by atoms with Crippen molar-refractivity contribution < 1.29 is 9.59 Å². The summed E-state index contributed by atoms with van der Waals surface area (Å²) in [6, 6.07) is 11.8. The molecular formula is C23H27N5O2S. The molecule has 0 fully saturated rings. The van der Waals surface area contributed by atoms with Gasteiger partial charge in [-0.05, 0) is 51.0 Å². The Kier molecular flexibility index (Phi) is 7.12. The van der Waals surface area contributed by atoms with Gasteiger partial charge in [0.15, 0.2) is 5.16 Å². The minimum Gasteiger partial charge on any atom is -0.325 e. The lowest BCUT2D eigenvalue weighted by Gasteiger charge is -2.10. The number of nitrogens with one attached hydrogen (secondary N) is 2. The van der Waals surface area contributed by atoms with Crippen molar-refractivity contribution >= 4 is 35.0 Å². The highest BCUT2D eigenvalue weighted by Crippen LogP contribution is 2.20. The quantitative estimate of drug-likeness (QED) is 0.546. The fourth-order valence-electron chi connectivity index (χ4n) is 3.19. The second-order valence-electron chi connectivity index (χ2n) is 7.66. The lowest BCUT2D eigenvalue weighted by Crippen LogP contribution is -2.18. The van der Waals surface area contributed by atoms with Gasteiger partial charge in [0, 0.05) is 18.4 Å². The largest absolute Gasteiger partial charge is 0.325 e. The first-order valence-corrected chi connectivity index (χ1v) is 11.0. The van der Waals surface area contributed by atoms with E-state index in [0.29, 0.717) is 11.0 Å². The minimum absolute atomic E-state index is 0.103. The van der Waals surface area contributed by atoms with Crippen molar-refractivity contribution in [2.45, 2.75) is 39.3 Å². The van der Waals surface area contributed by atoms with Crippen LogP contribution < -0.4 is 10.6 Å². The highest BCUT2D eigenvalue weighted by atomic mass is 32.2. The van der Waals surface area contributed by atoms with Crippen molar-refractivity contribution in [3.63, 3.8) is 0 Å². The molecule has 2 aromatic carbocycles. The van der Waals surface area contributed by atoms with Gasteiger partial charge in [0.2, 0.25) is 11.8 Å². The topological polar surface area (TPSA) is 88.9 Å². The van der Waals surface area contributed by atoms with E-state index in [4.69, 9.17) is 0 Å². The predicted octanol–water partition coefficient (Wildman–Crippen LogP) is 3.96. The SMILES string of the molecule is Cc1ccc(NC(=O)CSc2nnc(CC(=O)Nc3ccc(C)cc3C)n2C)c(C)c1. The third kappa shape index (κ3) is 5.95. The molecule has 2 amide bonds. The van der Waals surface area contributed by atoms with Crippen molar-refractivity contribution in [3.05, 3.63) is 64.5 Å². The van der Waals surface area contributed by atoms with E-state index in [0.717, 1.165) is 33.6 Å². The van der Waals surface area contributed by atoms with Crippen LogP contribution in [0, 0.1) is 27.7 Å². The average Bonchev–Trinajstić information content (AvgIpc) is 3.04. The molecule has 0 aliphatic carbocycles. The van der Waals surface area contributed by atoms with Gasteiger partial charge >= 0.3 is 0 Å². The molecule has 8 heteroatoms. The molecule has 162 valence electrons. The number of amides is 2. The third-order valence-corrected chi connectivity index (χ3v) is 5.91. The smallest absolute Gasteiger partial charge is 0.234 e. The molecule has 0 saturated heterocycles. The second kappa shape index (κ2) is 9.78. The van der Waals surface area contributed by atoms with E-state index in [-0.39, 0.29) is 24.0 Å². The van der Waals surface area contributed by atoms with Crippen LogP contribution in [0.4, 0.5) is 11.4 Å². The van der Waals surface area contributed by atoms with Gasteiger partial charge in [-0.2, -0.15) is 0 Å². The first-order chi connectivity index (χ1) is 14.7. The van der Waals surface area contributed by atoms with Gasteiger partial charge in [-0.15, -0.1) is 10.2 Å². The predicted molar refractivity (Wildman–Crippen MR) is 125 cm³/mol. The first kappa shape index (κ1) is 22.6. The number of nitrogens with zero attached hydrogens (tertiary/aromatic N) is 3. The van der Waals surface area contributed by atoms with Crippen LogP contribution in [-0.2, 0) is 23.1 Å². The van der Waals surface area contributed by atoms with E-state index in [1.54, 1.807) is 11.6 Å². The Morgan fingerprint density at radius 3 is 1.97 bits per heavy atom. The summed E-state index contributed by atoms with van der Waals surface area (Å²) in [5.41, 5.74) is 5.92. The number of aromatic nitrogens is 3. The van der Waals surface area contributed by atoms with Gasteiger partial charge in [0.1, 0.15) is 5.82 Å². The number of carbonyl (C=O) groups is 2.